The average molecular weight is 279 g/mol. The molecule has 20 heavy (non-hydrogen) atoms. The van der Waals surface area contributed by atoms with Crippen molar-refractivity contribution in [2.45, 2.75) is 39.8 Å². The van der Waals surface area contributed by atoms with Crippen LogP contribution in [0.25, 0.3) is 0 Å². The van der Waals surface area contributed by atoms with Crippen LogP contribution in [0.1, 0.15) is 39.3 Å². The molecule has 0 saturated carbocycles. The first-order chi connectivity index (χ1) is 9.45. The van der Waals surface area contributed by atoms with Gasteiger partial charge in [-0.05, 0) is 29.5 Å². The van der Waals surface area contributed by atoms with Gasteiger partial charge < -0.3 is 15.7 Å². The summed E-state index contributed by atoms with van der Waals surface area (Å²) in [7, 11) is 0. The molecule has 0 bridgehead atoms. The first kappa shape index (κ1) is 16.4. The van der Waals surface area contributed by atoms with E-state index in [1.807, 2.05) is 26.0 Å². The highest BCUT2D eigenvalue weighted by Crippen LogP contribution is 2.20. The molecule has 0 aliphatic carbocycles. The summed E-state index contributed by atoms with van der Waals surface area (Å²) in [6, 6.07) is 3.23. The summed E-state index contributed by atoms with van der Waals surface area (Å²) >= 11 is 0. The molecule has 5 nitrogen and oxygen atoms in total. The highest BCUT2D eigenvalue weighted by molar-refractivity contribution is 5.74. The molecule has 3 N–H and O–H groups in total. The zero-order chi connectivity index (χ0) is 15.1. The van der Waals surface area contributed by atoms with Crippen molar-refractivity contribution in [2.75, 3.05) is 6.61 Å². The van der Waals surface area contributed by atoms with Gasteiger partial charge in [-0.3, -0.25) is 4.98 Å². The molecule has 0 fully saturated rings. The molecule has 1 rings (SSSR count). The summed E-state index contributed by atoms with van der Waals surface area (Å²) in [5.74, 6) is 0.443. The lowest BCUT2D eigenvalue weighted by molar-refractivity contribution is 0.194. The van der Waals surface area contributed by atoms with Gasteiger partial charge in [0.15, 0.2) is 0 Å². The van der Waals surface area contributed by atoms with Crippen molar-refractivity contribution in [1.82, 2.24) is 15.6 Å². The van der Waals surface area contributed by atoms with Gasteiger partial charge in [0.05, 0.1) is 18.7 Å². The van der Waals surface area contributed by atoms with Crippen molar-refractivity contribution < 1.29 is 9.90 Å². The molecule has 2 amide bonds. The zero-order valence-electron chi connectivity index (χ0n) is 12.6. The predicted molar refractivity (Wildman–Crippen MR) is 79.2 cm³/mol. The van der Waals surface area contributed by atoms with Crippen LogP contribution in [-0.4, -0.2) is 28.8 Å². The predicted octanol–water partition coefficient (Wildman–Crippen LogP) is 2.09. The largest absolute Gasteiger partial charge is 0.394 e. The fourth-order valence-corrected chi connectivity index (χ4v) is 1.98. The van der Waals surface area contributed by atoms with E-state index >= 15 is 0 Å². The molecule has 0 spiro atoms. The molecule has 1 heterocycles. The van der Waals surface area contributed by atoms with Crippen LogP contribution in [0.4, 0.5) is 4.79 Å². The number of aliphatic hydroxyl groups excluding tert-OH is 1. The number of aliphatic hydroxyl groups is 1. The van der Waals surface area contributed by atoms with Crippen LogP contribution in [0.15, 0.2) is 24.5 Å². The smallest absolute Gasteiger partial charge is 0.315 e. The Balaban J connectivity index is 2.70. The van der Waals surface area contributed by atoms with Gasteiger partial charge in [-0.25, -0.2) is 4.79 Å². The Morgan fingerprint density at radius 3 is 2.20 bits per heavy atom. The second-order valence-corrected chi connectivity index (χ2v) is 5.65. The second-order valence-electron chi connectivity index (χ2n) is 5.65. The Morgan fingerprint density at radius 1 is 1.15 bits per heavy atom. The van der Waals surface area contributed by atoms with E-state index in [-0.39, 0.29) is 36.6 Å². The molecule has 0 unspecified atom stereocenters. The van der Waals surface area contributed by atoms with E-state index in [4.69, 9.17) is 0 Å². The van der Waals surface area contributed by atoms with Gasteiger partial charge in [0, 0.05) is 12.4 Å². The van der Waals surface area contributed by atoms with Crippen molar-refractivity contribution >= 4 is 6.03 Å². The van der Waals surface area contributed by atoms with Gasteiger partial charge in [0.25, 0.3) is 0 Å². The molecule has 5 heteroatoms. The van der Waals surface area contributed by atoms with Crippen LogP contribution in [0, 0.1) is 11.8 Å². The second kappa shape index (κ2) is 7.85. The SMILES string of the molecule is CC(C)[C@@H](CO)NC(=O)N[C@@H](c1ccncc1)C(C)C. The number of hydrogen-bond donors (Lipinski definition) is 3. The molecule has 0 aliphatic heterocycles. The lowest BCUT2D eigenvalue weighted by atomic mass is 9.97. The van der Waals surface area contributed by atoms with Gasteiger partial charge in [0.2, 0.25) is 0 Å². The molecular formula is C15H25N3O2. The van der Waals surface area contributed by atoms with E-state index in [1.54, 1.807) is 12.4 Å². The fourth-order valence-electron chi connectivity index (χ4n) is 1.98. The molecule has 0 aromatic carbocycles. The number of pyridine rings is 1. The third kappa shape index (κ3) is 4.81. The van der Waals surface area contributed by atoms with Crippen LogP contribution in [0.5, 0.6) is 0 Å². The Bertz CT molecular complexity index is 407. The zero-order valence-corrected chi connectivity index (χ0v) is 12.6. The van der Waals surface area contributed by atoms with Crippen molar-refractivity contribution in [2.24, 2.45) is 11.8 Å². The van der Waals surface area contributed by atoms with E-state index < -0.39 is 0 Å². The van der Waals surface area contributed by atoms with E-state index in [2.05, 4.69) is 29.5 Å². The maximum Gasteiger partial charge on any atom is 0.315 e. The first-order valence-corrected chi connectivity index (χ1v) is 7.03. The van der Waals surface area contributed by atoms with Gasteiger partial charge in [-0.1, -0.05) is 27.7 Å². The number of urea groups is 1. The Kier molecular flexibility index (Phi) is 6.45. The standard InChI is InChI=1S/C15H25N3O2/c1-10(2)13(9-19)17-15(20)18-14(11(3)4)12-5-7-16-8-6-12/h5-8,10-11,13-14,19H,9H2,1-4H3,(H2,17,18,20)/t13-,14-/m1/s1. The van der Waals surface area contributed by atoms with Crippen LogP contribution in [-0.2, 0) is 0 Å². The van der Waals surface area contributed by atoms with E-state index in [0.717, 1.165) is 5.56 Å². The van der Waals surface area contributed by atoms with Crippen LogP contribution in [0.2, 0.25) is 0 Å². The topological polar surface area (TPSA) is 74.2 Å². The van der Waals surface area contributed by atoms with Crippen molar-refractivity contribution in [3.8, 4) is 0 Å². The number of rotatable bonds is 6. The highest BCUT2D eigenvalue weighted by Gasteiger charge is 2.20. The summed E-state index contributed by atoms with van der Waals surface area (Å²) in [5.41, 5.74) is 1.02. The van der Waals surface area contributed by atoms with Crippen LogP contribution < -0.4 is 10.6 Å². The molecule has 2 atom stereocenters. The summed E-state index contributed by atoms with van der Waals surface area (Å²) in [5, 5.41) is 15.0. The molecule has 112 valence electrons. The number of carbonyl (C=O) groups is 1. The minimum Gasteiger partial charge on any atom is -0.394 e. The normalized spacial score (nSPS) is 14.2. The molecular weight excluding hydrogens is 254 g/mol. The van der Waals surface area contributed by atoms with Gasteiger partial charge in [-0.2, -0.15) is 0 Å². The number of nitrogens with one attached hydrogen (secondary N) is 2. The van der Waals surface area contributed by atoms with Crippen molar-refractivity contribution in [3.05, 3.63) is 30.1 Å². The number of amides is 2. The van der Waals surface area contributed by atoms with E-state index in [9.17, 15) is 9.90 Å². The summed E-state index contributed by atoms with van der Waals surface area (Å²) < 4.78 is 0. The molecule has 1 aromatic heterocycles. The maximum absolute atomic E-state index is 12.1. The Labute approximate surface area is 120 Å². The number of hydrogen-bond acceptors (Lipinski definition) is 3. The number of carbonyl (C=O) groups excluding carboxylic acids is 1. The minimum absolute atomic E-state index is 0.0628. The minimum atomic E-state index is -0.256. The summed E-state index contributed by atoms with van der Waals surface area (Å²) in [6.07, 6.45) is 3.43. The van der Waals surface area contributed by atoms with Crippen LogP contribution >= 0.6 is 0 Å². The molecule has 0 saturated heterocycles. The molecule has 0 radical (unpaired) electrons. The first-order valence-electron chi connectivity index (χ1n) is 7.03. The number of nitrogens with zero attached hydrogens (tertiary/aromatic N) is 1. The molecule has 1 aromatic rings. The lowest BCUT2D eigenvalue weighted by Crippen LogP contribution is -2.48. The highest BCUT2D eigenvalue weighted by atomic mass is 16.3. The van der Waals surface area contributed by atoms with Gasteiger partial charge >= 0.3 is 6.03 Å². The van der Waals surface area contributed by atoms with E-state index in [1.165, 1.54) is 0 Å². The van der Waals surface area contributed by atoms with Crippen molar-refractivity contribution in [3.63, 3.8) is 0 Å². The quantitative estimate of drug-likeness (QED) is 0.746. The third-order valence-electron chi connectivity index (χ3n) is 3.34. The number of aromatic nitrogens is 1. The fraction of sp³-hybridized carbons (Fsp3) is 0.600. The van der Waals surface area contributed by atoms with E-state index in [0.29, 0.717) is 0 Å². The Hall–Kier alpha value is -1.62. The van der Waals surface area contributed by atoms with Crippen molar-refractivity contribution in [1.29, 1.82) is 0 Å². The summed E-state index contributed by atoms with van der Waals surface area (Å²) in [4.78, 5) is 16.0. The lowest BCUT2D eigenvalue weighted by Gasteiger charge is -2.26. The maximum atomic E-state index is 12.1. The average Bonchev–Trinajstić information content (AvgIpc) is 2.42. The van der Waals surface area contributed by atoms with Crippen LogP contribution in [0.3, 0.4) is 0 Å². The summed E-state index contributed by atoms with van der Waals surface area (Å²) in [6.45, 7) is 7.97. The third-order valence-corrected chi connectivity index (χ3v) is 3.34. The molecule has 0 aliphatic rings. The monoisotopic (exact) mass is 279 g/mol. The van der Waals surface area contributed by atoms with Gasteiger partial charge in [-0.15, -0.1) is 0 Å². The van der Waals surface area contributed by atoms with Gasteiger partial charge in [0.1, 0.15) is 0 Å². The Morgan fingerprint density at radius 2 is 1.75 bits per heavy atom.